The highest BCUT2D eigenvalue weighted by molar-refractivity contribution is 7.80. The molecule has 21 heavy (non-hydrogen) atoms. The molecule has 1 heterocycles. The number of hydrogen-bond acceptors (Lipinski definition) is 2. The van der Waals surface area contributed by atoms with Crippen LogP contribution in [0.3, 0.4) is 0 Å². The van der Waals surface area contributed by atoms with Crippen molar-refractivity contribution in [3.05, 3.63) is 65.5 Å². The van der Waals surface area contributed by atoms with Crippen molar-refractivity contribution in [1.29, 1.82) is 0 Å². The molecule has 1 aliphatic heterocycles. The summed E-state index contributed by atoms with van der Waals surface area (Å²) in [4.78, 5) is 2.31. The van der Waals surface area contributed by atoms with Crippen molar-refractivity contribution >= 4 is 22.9 Å². The van der Waals surface area contributed by atoms with Gasteiger partial charge in [-0.05, 0) is 30.2 Å². The summed E-state index contributed by atoms with van der Waals surface area (Å²) in [6.07, 6.45) is 1.09. The summed E-state index contributed by atoms with van der Waals surface area (Å²) in [6.45, 7) is 1.85. The minimum Gasteiger partial charge on any atom is -0.389 e. The lowest BCUT2D eigenvalue weighted by Crippen LogP contribution is -2.20. The molecule has 2 aromatic rings. The number of anilines is 1. The van der Waals surface area contributed by atoms with E-state index in [1.54, 1.807) is 6.07 Å². The number of halogens is 1. The van der Waals surface area contributed by atoms with Crippen molar-refractivity contribution < 1.29 is 4.39 Å². The molecule has 2 aromatic carbocycles. The zero-order chi connectivity index (χ0) is 14.8. The molecule has 108 valence electrons. The fourth-order valence-corrected chi connectivity index (χ4v) is 3.06. The number of benzene rings is 2. The van der Waals surface area contributed by atoms with Crippen molar-refractivity contribution in [3.63, 3.8) is 0 Å². The third kappa shape index (κ3) is 2.90. The van der Waals surface area contributed by atoms with E-state index in [-0.39, 0.29) is 10.8 Å². The van der Waals surface area contributed by atoms with Crippen LogP contribution in [0.4, 0.5) is 10.1 Å². The van der Waals surface area contributed by atoms with Crippen LogP contribution in [0, 0.1) is 5.82 Å². The number of hydrogen-bond donors (Lipinski definition) is 1. The Morgan fingerprint density at radius 2 is 1.95 bits per heavy atom. The van der Waals surface area contributed by atoms with Crippen molar-refractivity contribution in [2.24, 2.45) is 5.73 Å². The Balaban J connectivity index is 1.77. The van der Waals surface area contributed by atoms with Crippen LogP contribution in [0.5, 0.6) is 0 Å². The third-order valence-corrected chi connectivity index (χ3v) is 4.26. The van der Waals surface area contributed by atoms with Crippen molar-refractivity contribution in [2.45, 2.75) is 12.3 Å². The van der Waals surface area contributed by atoms with Gasteiger partial charge in [0.25, 0.3) is 0 Å². The van der Waals surface area contributed by atoms with Crippen LogP contribution in [-0.2, 0) is 0 Å². The number of nitrogens with zero attached hydrogens (tertiary/aromatic N) is 1. The van der Waals surface area contributed by atoms with Gasteiger partial charge in [-0.25, -0.2) is 4.39 Å². The number of rotatable bonds is 3. The maximum absolute atomic E-state index is 14.0. The Labute approximate surface area is 129 Å². The Hall–Kier alpha value is -1.94. The maximum Gasteiger partial charge on any atom is 0.135 e. The molecule has 4 heteroatoms. The van der Waals surface area contributed by atoms with E-state index in [0.29, 0.717) is 11.5 Å². The minimum absolute atomic E-state index is 0.0997. The van der Waals surface area contributed by atoms with E-state index in [0.717, 1.165) is 25.2 Å². The summed E-state index contributed by atoms with van der Waals surface area (Å²) in [5.41, 5.74) is 8.05. The first-order valence-corrected chi connectivity index (χ1v) is 7.45. The SMILES string of the molecule is NC(=S)c1ccc(N2CCC(c3ccccc3)C2)cc1F. The first-order valence-electron chi connectivity index (χ1n) is 7.04. The smallest absolute Gasteiger partial charge is 0.135 e. The Morgan fingerprint density at radius 1 is 1.19 bits per heavy atom. The van der Waals surface area contributed by atoms with Gasteiger partial charge in [0.1, 0.15) is 10.8 Å². The average molecular weight is 300 g/mol. The van der Waals surface area contributed by atoms with E-state index in [4.69, 9.17) is 18.0 Å². The van der Waals surface area contributed by atoms with E-state index < -0.39 is 0 Å². The van der Waals surface area contributed by atoms with Gasteiger partial charge < -0.3 is 10.6 Å². The van der Waals surface area contributed by atoms with Crippen LogP contribution in [0.25, 0.3) is 0 Å². The van der Waals surface area contributed by atoms with Gasteiger partial charge in [0.2, 0.25) is 0 Å². The molecule has 2 N–H and O–H groups in total. The molecule has 3 rings (SSSR count). The third-order valence-electron chi connectivity index (χ3n) is 4.04. The lowest BCUT2D eigenvalue weighted by Gasteiger charge is -2.19. The van der Waals surface area contributed by atoms with Crippen molar-refractivity contribution in [3.8, 4) is 0 Å². The van der Waals surface area contributed by atoms with E-state index in [9.17, 15) is 4.39 Å². The molecule has 0 aliphatic carbocycles. The quantitative estimate of drug-likeness (QED) is 0.880. The maximum atomic E-state index is 14.0. The van der Waals surface area contributed by atoms with Crippen molar-refractivity contribution in [1.82, 2.24) is 0 Å². The lowest BCUT2D eigenvalue weighted by molar-refractivity contribution is 0.625. The van der Waals surface area contributed by atoms with Gasteiger partial charge in [-0.2, -0.15) is 0 Å². The van der Waals surface area contributed by atoms with Crippen LogP contribution < -0.4 is 10.6 Å². The summed E-state index contributed by atoms with van der Waals surface area (Å²) in [5, 5.41) is 0. The van der Waals surface area contributed by atoms with Crippen LogP contribution in [-0.4, -0.2) is 18.1 Å². The topological polar surface area (TPSA) is 29.3 Å². The van der Waals surface area contributed by atoms with Gasteiger partial charge in [0, 0.05) is 30.3 Å². The number of nitrogens with two attached hydrogens (primary N) is 1. The van der Waals surface area contributed by atoms with Crippen LogP contribution in [0.2, 0.25) is 0 Å². The fourth-order valence-electron chi connectivity index (χ4n) is 2.89. The molecule has 1 aliphatic rings. The molecule has 1 saturated heterocycles. The molecule has 1 unspecified atom stereocenters. The van der Waals surface area contributed by atoms with Crippen LogP contribution in [0.1, 0.15) is 23.5 Å². The normalized spacial score (nSPS) is 18.0. The van der Waals surface area contributed by atoms with Crippen molar-refractivity contribution in [2.75, 3.05) is 18.0 Å². The van der Waals surface area contributed by atoms with Gasteiger partial charge in [-0.3, -0.25) is 0 Å². The molecule has 1 fully saturated rings. The molecule has 1 atom stereocenters. The minimum atomic E-state index is -0.344. The molecule has 0 bridgehead atoms. The summed E-state index contributed by atoms with van der Waals surface area (Å²) >= 11 is 4.83. The van der Waals surface area contributed by atoms with Gasteiger partial charge >= 0.3 is 0 Å². The molecule has 0 radical (unpaired) electrons. The van der Waals surface area contributed by atoms with Gasteiger partial charge in [-0.15, -0.1) is 0 Å². The molecule has 0 spiro atoms. The summed E-state index contributed by atoms with van der Waals surface area (Å²) in [7, 11) is 0. The molecule has 0 aromatic heterocycles. The second kappa shape index (κ2) is 5.82. The molecule has 0 amide bonds. The summed E-state index contributed by atoms with van der Waals surface area (Å²) < 4.78 is 14.0. The lowest BCUT2D eigenvalue weighted by atomic mass is 9.99. The first kappa shape index (κ1) is 14.0. The average Bonchev–Trinajstić information content (AvgIpc) is 2.97. The van der Waals surface area contributed by atoms with E-state index in [1.807, 2.05) is 12.1 Å². The summed E-state index contributed by atoms with van der Waals surface area (Å²) in [5.74, 6) is 0.160. The highest BCUT2D eigenvalue weighted by atomic mass is 32.1. The van der Waals surface area contributed by atoms with Crippen LogP contribution >= 0.6 is 12.2 Å². The second-order valence-corrected chi connectivity index (χ2v) is 5.81. The highest BCUT2D eigenvalue weighted by Gasteiger charge is 2.24. The Bertz CT molecular complexity index is 657. The molecule has 0 saturated carbocycles. The van der Waals surface area contributed by atoms with Crippen LogP contribution in [0.15, 0.2) is 48.5 Å². The standard InChI is InChI=1S/C17H17FN2S/c18-16-10-14(6-7-15(16)17(19)21)20-9-8-13(11-20)12-4-2-1-3-5-12/h1-7,10,13H,8-9,11H2,(H2,19,21). The van der Waals surface area contributed by atoms with Gasteiger partial charge in [-0.1, -0.05) is 42.5 Å². The van der Waals surface area contributed by atoms with Gasteiger partial charge in [0.15, 0.2) is 0 Å². The largest absolute Gasteiger partial charge is 0.389 e. The second-order valence-electron chi connectivity index (χ2n) is 5.37. The summed E-state index contributed by atoms with van der Waals surface area (Å²) in [6, 6.07) is 15.6. The molecular formula is C17H17FN2S. The van der Waals surface area contributed by atoms with E-state index >= 15 is 0 Å². The predicted octanol–water partition coefficient (Wildman–Crippen LogP) is 3.45. The zero-order valence-electron chi connectivity index (χ0n) is 11.6. The zero-order valence-corrected chi connectivity index (χ0v) is 12.4. The molecular weight excluding hydrogens is 283 g/mol. The Morgan fingerprint density at radius 3 is 2.62 bits per heavy atom. The van der Waals surface area contributed by atoms with Gasteiger partial charge in [0.05, 0.1) is 0 Å². The highest BCUT2D eigenvalue weighted by Crippen LogP contribution is 2.31. The first-order chi connectivity index (χ1) is 10.1. The Kier molecular flexibility index (Phi) is 3.88. The predicted molar refractivity (Wildman–Crippen MR) is 88.3 cm³/mol. The monoisotopic (exact) mass is 300 g/mol. The fraction of sp³-hybridized carbons (Fsp3) is 0.235. The van der Waals surface area contributed by atoms with E-state index in [2.05, 4.69) is 29.2 Å². The molecule has 2 nitrogen and oxygen atoms in total. The van der Waals surface area contributed by atoms with E-state index in [1.165, 1.54) is 11.6 Å². The number of thiocarbonyl (C=S) groups is 1.